The third-order valence-electron chi connectivity index (χ3n) is 6.71. The largest absolute Gasteiger partial charge is 0.446 e. The van der Waals surface area contributed by atoms with Crippen LogP contribution in [0.2, 0.25) is 0 Å². The van der Waals surface area contributed by atoms with Gasteiger partial charge in [0.1, 0.15) is 6.10 Å². The third kappa shape index (κ3) is 4.55. The zero-order valence-corrected chi connectivity index (χ0v) is 20.3. The normalized spacial score (nSPS) is 18.4. The van der Waals surface area contributed by atoms with Crippen LogP contribution in [0.4, 0.5) is 21.4 Å². The Hall–Kier alpha value is -3.24. The molecule has 10 heteroatoms. The fourth-order valence-corrected chi connectivity index (χ4v) is 5.38. The summed E-state index contributed by atoms with van der Waals surface area (Å²) in [4.78, 5) is 38.2. The van der Waals surface area contributed by atoms with Crippen LogP contribution in [0.1, 0.15) is 25.7 Å². The van der Waals surface area contributed by atoms with Gasteiger partial charge in [0.2, 0.25) is 5.91 Å². The average Bonchev–Trinajstić information content (AvgIpc) is 3.65. The molecule has 2 aliphatic heterocycles. The van der Waals surface area contributed by atoms with Crippen molar-refractivity contribution < 1.29 is 19.1 Å². The standard InChI is InChI=1S/C25H27N5O4S/c1-29-8-9-30(25(32)34-18-6-10-33-11-7-18)20-12-17(14-26-22(20)29)16-4-5-19-21(13-16)35-24(27-19)28-23(31)15-2-3-15/h4-5,12-15,18H,2-3,6-11H2,1H3,(H,27,28,31). The number of nitrogens with zero attached hydrogens (tertiary/aromatic N) is 4. The van der Waals surface area contributed by atoms with Crippen molar-refractivity contribution >= 4 is 50.2 Å². The first-order chi connectivity index (χ1) is 17.0. The van der Waals surface area contributed by atoms with Crippen molar-refractivity contribution in [3.05, 3.63) is 30.5 Å². The average molecular weight is 494 g/mol. The minimum Gasteiger partial charge on any atom is -0.446 e. The van der Waals surface area contributed by atoms with E-state index in [1.165, 1.54) is 11.3 Å². The van der Waals surface area contributed by atoms with E-state index in [2.05, 4.69) is 21.3 Å². The lowest BCUT2D eigenvalue weighted by Gasteiger charge is -2.35. The highest BCUT2D eigenvalue weighted by Gasteiger charge is 2.31. The number of aromatic nitrogens is 2. The molecule has 9 nitrogen and oxygen atoms in total. The Morgan fingerprint density at radius 3 is 2.74 bits per heavy atom. The van der Waals surface area contributed by atoms with Crippen LogP contribution in [-0.4, -0.2) is 61.4 Å². The van der Waals surface area contributed by atoms with Gasteiger partial charge in [0.15, 0.2) is 10.9 Å². The second-order valence-corrected chi connectivity index (χ2v) is 10.3. The summed E-state index contributed by atoms with van der Waals surface area (Å²) in [6.45, 7) is 2.46. The van der Waals surface area contributed by atoms with Crippen LogP contribution in [0.15, 0.2) is 30.5 Å². The number of amides is 2. The number of fused-ring (bicyclic) bond motifs is 2. The lowest BCUT2D eigenvalue weighted by atomic mass is 10.1. The molecule has 0 unspecified atom stereocenters. The summed E-state index contributed by atoms with van der Waals surface area (Å²) < 4.78 is 12.2. The number of pyridine rings is 1. The summed E-state index contributed by atoms with van der Waals surface area (Å²) in [6.07, 6.45) is 4.76. The van der Waals surface area contributed by atoms with E-state index in [1.54, 1.807) is 4.90 Å². The highest BCUT2D eigenvalue weighted by atomic mass is 32.1. The van der Waals surface area contributed by atoms with Gasteiger partial charge in [-0.05, 0) is 36.6 Å². The van der Waals surface area contributed by atoms with Gasteiger partial charge in [0.25, 0.3) is 0 Å². The van der Waals surface area contributed by atoms with Crippen molar-refractivity contribution in [2.45, 2.75) is 31.8 Å². The molecule has 4 heterocycles. The van der Waals surface area contributed by atoms with E-state index >= 15 is 0 Å². The van der Waals surface area contributed by atoms with Gasteiger partial charge >= 0.3 is 6.09 Å². The molecular weight excluding hydrogens is 466 g/mol. The van der Waals surface area contributed by atoms with Crippen LogP contribution >= 0.6 is 11.3 Å². The number of nitrogens with one attached hydrogen (secondary N) is 1. The van der Waals surface area contributed by atoms with E-state index in [0.29, 0.717) is 31.4 Å². The van der Waals surface area contributed by atoms with Gasteiger partial charge in [-0.3, -0.25) is 9.69 Å². The van der Waals surface area contributed by atoms with Crippen LogP contribution in [0.5, 0.6) is 0 Å². The Labute approximate surface area is 207 Å². The van der Waals surface area contributed by atoms with Gasteiger partial charge in [-0.25, -0.2) is 14.8 Å². The summed E-state index contributed by atoms with van der Waals surface area (Å²) in [5.41, 5.74) is 3.47. The second kappa shape index (κ2) is 9.09. The number of carbonyl (C=O) groups is 2. The highest BCUT2D eigenvalue weighted by molar-refractivity contribution is 7.22. The van der Waals surface area contributed by atoms with Gasteiger partial charge < -0.3 is 19.7 Å². The van der Waals surface area contributed by atoms with Gasteiger partial charge in [0, 0.05) is 50.7 Å². The molecular formula is C25H27N5O4S. The van der Waals surface area contributed by atoms with Crippen molar-refractivity contribution in [2.24, 2.45) is 5.92 Å². The molecule has 2 fully saturated rings. The maximum absolute atomic E-state index is 13.1. The first-order valence-electron chi connectivity index (χ1n) is 12.0. The van der Waals surface area contributed by atoms with Crippen molar-refractivity contribution in [3.8, 4) is 11.1 Å². The SMILES string of the molecule is CN1CCN(C(=O)OC2CCOCC2)c2cc(-c3ccc4nc(NC(=O)C5CC5)sc4c3)cnc21. The monoisotopic (exact) mass is 493 g/mol. The molecule has 3 aliphatic rings. The molecule has 6 rings (SSSR count). The van der Waals surface area contributed by atoms with Gasteiger partial charge in [-0.15, -0.1) is 0 Å². The molecule has 1 saturated heterocycles. The number of hydrogen-bond acceptors (Lipinski definition) is 8. The minimum absolute atomic E-state index is 0.0556. The molecule has 35 heavy (non-hydrogen) atoms. The molecule has 1 saturated carbocycles. The number of hydrogen-bond donors (Lipinski definition) is 1. The van der Waals surface area contributed by atoms with E-state index < -0.39 is 0 Å². The fourth-order valence-electron chi connectivity index (χ4n) is 4.47. The second-order valence-electron chi connectivity index (χ2n) is 9.30. The molecule has 0 spiro atoms. The smallest absolute Gasteiger partial charge is 0.414 e. The quantitative estimate of drug-likeness (QED) is 0.579. The van der Waals surface area contributed by atoms with Crippen LogP contribution < -0.4 is 15.1 Å². The summed E-state index contributed by atoms with van der Waals surface area (Å²) in [5, 5.41) is 3.56. The van der Waals surface area contributed by atoms with Crippen molar-refractivity contribution in [1.29, 1.82) is 0 Å². The van der Waals surface area contributed by atoms with Crippen molar-refractivity contribution in [2.75, 3.05) is 48.5 Å². The lowest BCUT2D eigenvalue weighted by molar-refractivity contribution is -0.117. The van der Waals surface area contributed by atoms with Gasteiger partial charge in [-0.2, -0.15) is 0 Å². The topological polar surface area (TPSA) is 96.9 Å². The van der Waals surface area contributed by atoms with Gasteiger partial charge in [0.05, 0.1) is 29.1 Å². The number of anilines is 3. The predicted octanol–water partition coefficient (Wildman–Crippen LogP) is 4.28. The molecule has 182 valence electrons. The van der Waals surface area contributed by atoms with Crippen molar-refractivity contribution in [1.82, 2.24) is 9.97 Å². The maximum Gasteiger partial charge on any atom is 0.414 e. The maximum atomic E-state index is 13.1. The number of likely N-dealkylation sites (N-methyl/N-ethyl adjacent to an activating group) is 1. The molecule has 2 aromatic heterocycles. The zero-order chi connectivity index (χ0) is 23.9. The van der Waals surface area contributed by atoms with Crippen LogP contribution in [0.3, 0.4) is 0 Å². The van der Waals surface area contributed by atoms with E-state index in [9.17, 15) is 9.59 Å². The molecule has 3 aromatic rings. The Kier molecular flexibility index (Phi) is 5.77. The summed E-state index contributed by atoms with van der Waals surface area (Å²) in [7, 11) is 1.98. The summed E-state index contributed by atoms with van der Waals surface area (Å²) in [6, 6.07) is 8.01. The fraction of sp³-hybridized carbons (Fsp3) is 0.440. The summed E-state index contributed by atoms with van der Waals surface area (Å²) >= 11 is 1.47. The minimum atomic E-state index is -0.334. The lowest BCUT2D eigenvalue weighted by Crippen LogP contribution is -2.44. The molecule has 1 N–H and O–H groups in total. The third-order valence-corrected chi connectivity index (χ3v) is 7.65. The van der Waals surface area contributed by atoms with E-state index in [0.717, 1.165) is 58.5 Å². The molecule has 2 amide bonds. The van der Waals surface area contributed by atoms with Crippen LogP contribution in [0, 0.1) is 5.92 Å². The number of thiazole rings is 1. The van der Waals surface area contributed by atoms with E-state index in [4.69, 9.17) is 14.5 Å². The van der Waals surface area contributed by atoms with E-state index in [1.807, 2.05) is 31.4 Å². The highest BCUT2D eigenvalue weighted by Crippen LogP contribution is 2.37. The molecule has 1 aliphatic carbocycles. The number of carbonyl (C=O) groups excluding carboxylic acids is 2. The number of rotatable bonds is 4. The Balaban J connectivity index is 1.27. The Morgan fingerprint density at radius 1 is 1.11 bits per heavy atom. The Bertz CT molecular complexity index is 1280. The first kappa shape index (κ1) is 22.2. The predicted molar refractivity (Wildman–Crippen MR) is 135 cm³/mol. The van der Waals surface area contributed by atoms with Crippen LogP contribution in [-0.2, 0) is 14.3 Å². The zero-order valence-electron chi connectivity index (χ0n) is 19.5. The molecule has 0 bridgehead atoms. The molecule has 0 atom stereocenters. The molecule has 0 radical (unpaired) electrons. The number of ether oxygens (including phenoxy) is 2. The van der Waals surface area contributed by atoms with Crippen molar-refractivity contribution in [3.63, 3.8) is 0 Å². The first-order valence-corrected chi connectivity index (χ1v) is 12.9. The van der Waals surface area contributed by atoms with E-state index in [-0.39, 0.29) is 24.0 Å². The van der Waals surface area contributed by atoms with Gasteiger partial charge in [-0.1, -0.05) is 17.4 Å². The number of benzene rings is 1. The molecule has 1 aromatic carbocycles. The van der Waals surface area contributed by atoms with Crippen LogP contribution in [0.25, 0.3) is 21.3 Å². The summed E-state index contributed by atoms with van der Waals surface area (Å²) in [5.74, 6) is 0.950. The Morgan fingerprint density at radius 2 is 1.94 bits per heavy atom.